The minimum absolute atomic E-state index is 1.05. The van der Waals surface area contributed by atoms with Gasteiger partial charge in [0.25, 0.3) is 0 Å². The molecule has 0 atom stereocenters. The summed E-state index contributed by atoms with van der Waals surface area (Å²) in [6.45, 7) is 7.00. The third-order valence-electron chi connectivity index (χ3n) is 1.16. The van der Waals surface area contributed by atoms with E-state index in [4.69, 9.17) is 0 Å². The first kappa shape index (κ1) is 4.85. The van der Waals surface area contributed by atoms with Crippen LogP contribution in [0.2, 0.25) is 0 Å². The van der Waals surface area contributed by atoms with Crippen molar-refractivity contribution in [3.8, 4) is 0 Å². The van der Waals surface area contributed by atoms with E-state index in [1.165, 1.54) is 0 Å². The van der Waals surface area contributed by atoms with Crippen LogP contribution >= 0.6 is 0 Å². The summed E-state index contributed by atoms with van der Waals surface area (Å²) in [4.78, 5) is 2.31. The highest BCUT2D eigenvalue weighted by Gasteiger charge is 2.10. The molecular weight excluding hydrogens is 86.1 g/mol. The van der Waals surface area contributed by atoms with Gasteiger partial charge in [-0.15, -0.1) is 6.58 Å². The van der Waals surface area contributed by atoms with Crippen LogP contribution in [-0.2, 0) is 0 Å². The molecule has 0 aromatic rings. The fourth-order valence-corrected chi connectivity index (χ4v) is 0.643. The van der Waals surface area contributed by atoms with Crippen molar-refractivity contribution in [2.45, 2.75) is 0 Å². The standard InChI is InChI=1S/C6H10N/c1-2-4-7-5-3-6-7/h2-3H,1,4-6H2. The van der Waals surface area contributed by atoms with Gasteiger partial charge in [0.05, 0.1) is 0 Å². The summed E-state index contributed by atoms with van der Waals surface area (Å²) in [6.07, 6.45) is 4.19. The third kappa shape index (κ3) is 1.03. The summed E-state index contributed by atoms with van der Waals surface area (Å²) in [5.41, 5.74) is 0. The normalized spacial score (nSPS) is 21.1. The van der Waals surface area contributed by atoms with Crippen LogP contribution in [-0.4, -0.2) is 24.5 Å². The average Bonchev–Trinajstić information content (AvgIpc) is 1.55. The van der Waals surface area contributed by atoms with Crippen LogP contribution < -0.4 is 0 Å². The van der Waals surface area contributed by atoms with Gasteiger partial charge in [-0.05, 0) is 6.42 Å². The lowest BCUT2D eigenvalue weighted by atomic mass is 10.2. The van der Waals surface area contributed by atoms with E-state index < -0.39 is 0 Å². The third-order valence-corrected chi connectivity index (χ3v) is 1.16. The van der Waals surface area contributed by atoms with Gasteiger partial charge in [-0.25, -0.2) is 0 Å². The van der Waals surface area contributed by atoms with Gasteiger partial charge in [-0.3, -0.25) is 4.90 Å². The first-order chi connectivity index (χ1) is 3.43. The SMILES string of the molecule is C=CCN1C[CH]C1. The summed E-state index contributed by atoms with van der Waals surface area (Å²) < 4.78 is 0. The molecule has 1 heterocycles. The Balaban J connectivity index is 2.03. The fourth-order valence-electron chi connectivity index (χ4n) is 0.643. The zero-order valence-corrected chi connectivity index (χ0v) is 4.43. The highest BCUT2D eigenvalue weighted by atomic mass is 15.2. The van der Waals surface area contributed by atoms with Crippen LogP contribution in [0.4, 0.5) is 0 Å². The molecule has 39 valence electrons. The number of hydrogen-bond acceptors (Lipinski definition) is 1. The number of rotatable bonds is 2. The van der Waals surface area contributed by atoms with Crippen LogP contribution in [0.25, 0.3) is 0 Å². The summed E-state index contributed by atoms with van der Waals surface area (Å²) >= 11 is 0. The Labute approximate surface area is 44.6 Å². The summed E-state index contributed by atoms with van der Waals surface area (Å²) in [6, 6.07) is 0. The van der Waals surface area contributed by atoms with Crippen LogP contribution in [0.5, 0.6) is 0 Å². The topological polar surface area (TPSA) is 3.24 Å². The number of nitrogens with zero attached hydrogens (tertiary/aromatic N) is 1. The lowest BCUT2D eigenvalue weighted by molar-refractivity contribution is 0.272. The smallest absolute Gasteiger partial charge is 0.0160 e. The molecule has 1 nitrogen and oxygen atoms in total. The van der Waals surface area contributed by atoms with Crippen molar-refractivity contribution in [3.05, 3.63) is 19.1 Å². The van der Waals surface area contributed by atoms with E-state index in [1.807, 2.05) is 6.08 Å². The van der Waals surface area contributed by atoms with Crippen molar-refractivity contribution in [1.29, 1.82) is 0 Å². The lowest BCUT2D eigenvalue weighted by Crippen LogP contribution is -2.37. The van der Waals surface area contributed by atoms with E-state index in [-0.39, 0.29) is 0 Å². The van der Waals surface area contributed by atoms with Crippen LogP contribution in [0.1, 0.15) is 0 Å². The quantitative estimate of drug-likeness (QED) is 0.457. The largest absolute Gasteiger partial charge is 0.299 e. The van der Waals surface area contributed by atoms with Gasteiger partial charge < -0.3 is 0 Å². The molecule has 0 amide bonds. The Morgan fingerprint density at radius 3 is 2.57 bits per heavy atom. The Morgan fingerprint density at radius 2 is 2.43 bits per heavy atom. The van der Waals surface area contributed by atoms with Crippen molar-refractivity contribution in [2.75, 3.05) is 19.6 Å². The van der Waals surface area contributed by atoms with E-state index >= 15 is 0 Å². The first-order valence-electron chi connectivity index (χ1n) is 2.58. The van der Waals surface area contributed by atoms with Gasteiger partial charge in [0, 0.05) is 19.6 Å². The van der Waals surface area contributed by atoms with Crippen LogP contribution in [0, 0.1) is 6.42 Å². The highest BCUT2D eigenvalue weighted by Crippen LogP contribution is 2.01. The van der Waals surface area contributed by atoms with Crippen molar-refractivity contribution in [1.82, 2.24) is 4.90 Å². The maximum absolute atomic E-state index is 3.63. The number of likely N-dealkylation sites (tertiary alicyclic amines) is 1. The Kier molecular flexibility index (Phi) is 1.47. The molecule has 1 saturated heterocycles. The molecule has 0 aromatic carbocycles. The summed E-state index contributed by atoms with van der Waals surface area (Å²) in [7, 11) is 0. The Hall–Kier alpha value is -0.300. The zero-order chi connectivity index (χ0) is 5.11. The van der Waals surface area contributed by atoms with Gasteiger partial charge in [0.15, 0.2) is 0 Å². The summed E-state index contributed by atoms with van der Waals surface area (Å²) in [5, 5.41) is 0. The van der Waals surface area contributed by atoms with Crippen molar-refractivity contribution in [2.24, 2.45) is 0 Å². The Morgan fingerprint density at radius 1 is 1.71 bits per heavy atom. The van der Waals surface area contributed by atoms with Crippen molar-refractivity contribution in [3.63, 3.8) is 0 Å². The second-order valence-electron chi connectivity index (χ2n) is 1.80. The van der Waals surface area contributed by atoms with Crippen molar-refractivity contribution < 1.29 is 0 Å². The van der Waals surface area contributed by atoms with Gasteiger partial charge in [-0.1, -0.05) is 6.08 Å². The van der Waals surface area contributed by atoms with Crippen molar-refractivity contribution >= 4 is 0 Å². The molecule has 1 rings (SSSR count). The molecule has 0 N–H and O–H groups in total. The molecule has 0 unspecified atom stereocenters. The molecule has 1 radical (unpaired) electrons. The molecule has 0 spiro atoms. The predicted octanol–water partition coefficient (Wildman–Crippen LogP) is 0.692. The van der Waals surface area contributed by atoms with Gasteiger partial charge >= 0.3 is 0 Å². The van der Waals surface area contributed by atoms with E-state index in [9.17, 15) is 0 Å². The summed E-state index contributed by atoms with van der Waals surface area (Å²) in [5.74, 6) is 0. The van der Waals surface area contributed by atoms with Gasteiger partial charge in [0.2, 0.25) is 0 Å². The molecule has 7 heavy (non-hydrogen) atoms. The fraction of sp³-hybridized carbons (Fsp3) is 0.500. The molecule has 0 aliphatic carbocycles. The highest BCUT2D eigenvalue weighted by molar-refractivity contribution is 4.89. The predicted molar refractivity (Wildman–Crippen MR) is 30.9 cm³/mol. The minimum atomic E-state index is 1.05. The molecule has 1 heteroatoms. The molecule has 1 fully saturated rings. The first-order valence-corrected chi connectivity index (χ1v) is 2.58. The Bertz CT molecular complexity index is 64.6. The van der Waals surface area contributed by atoms with Crippen LogP contribution in [0.15, 0.2) is 12.7 Å². The van der Waals surface area contributed by atoms with E-state index in [0.717, 1.165) is 19.6 Å². The van der Waals surface area contributed by atoms with E-state index in [0.29, 0.717) is 0 Å². The monoisotopic (exact) mass is 96.1 g/mol. The maximum atomic E-state index is 3.63. The van der Waals surface area contributed by atoms with E-state index in [2.05, 4.69) is 17.9 Å². The number of hydrogen-bond donors (Lipinski definition) is 0. The molecule has 1 aliphatic rings. The molecule has 0 aromatic heterocycles. The molecule has 1 aliphatic heterocycles. The zero-order valence-electron chi connectivity index (χ0n) is 4.43. The molecule has 0 bridgehead atoms. The second kappa shape index (κ2) is 2.12. The van der Waals surface area contributed by atoms with E-state index in [1.54, 1.807) is 0 Å². The average molecular weight is 96.2 g/mol. The second-order valence-corrected chi connectivity index (χ2v) is 1.80. The minimum Gasteiger partial charge on any atom is -0.299 e. The molecular formula is C6H10N. The lowest BCUT2D eigenvalue weighted by Gasteiger charge is -2.28. The van der Waals surface area contributed by atoms with Gasteiger partial charge in [-0.2, -0.15) is 0 Å². The molecule has 0 saturated carbocycles. The van der Waals surface area contributed by atoms with Gasteiger partial charge in [0.1, 0.15) is 0 Å². The van der Waals surface area contributed by atoms with Crippen LogP contribution in [0.3, 0.4) is 0 Å². The maximum Gasteiger partial charge on any atom is 0.0160 e.